The molecule has 0 fully saturated rings. The van der Waals surface area contributed by atoms with Crippen molar-refractivity contribution in [2.45, 2.75) is 31.8 Å². The third kappa shape index (κ3) is 3.76. The second kappa shape index (κ2) is 5.77. The fourth-order valence-corrected chi connectivity index (χ4v) is 2.54. The highest BCUT2D eigenvalue weighted by Gasteiger charge is 2.20. The molecule has 0 bridgehead atoms. The molecule has 0 heterocycles. The van der Waals surface area contributed by atoms with Gasteiger partial charge in [-0.3, -0.25) is 0 Å². The Balaban J connectivity index is 2.90. The van der Waals surface area contributed by atoms with Crippen LogP contribution in [0.4, 0.5) is 4.39 Å². The molecule has 0 saturated heterocycles. The third-order valence-electron chi connectivity index (χ3n) is 2.63. The molecule has 1 atom stereocenters. The van der Waals surface area contributed by atoms with Gasteiger partial charge < -0.3 is 5.11 Å². The first-order chi connectivity index (χ1) is 8.24. The molecule has 6 heteroatoms. The Bertz CT molecular complexity index is 514. The van der Waals surface area contributed by atoms with Crippen LogP contribution in [0.3, 0.4) is 0 Å². The number of halogens is 1. The minimum atomic E-state index is -3.93. The smallest absolute Gasteiger partial charge is 0.243 e. The molecule has 1 aromatic rings. The van der Waals surface area contributed by atoms with Gasteiger partial charge in [0.2, 0.25) is 10.0 Å². The molecule has 0 saturated carbocycles. The van der Waals surface area contributed by atoms with Gasteiger partial charge in [-0.1, -0.05) is 19.9 Å². The van der Waals surface area contributed by atoms with Crippen molar-refractivity contribution in [3.63, 3.8) is 0 Å². The summed E-state index contributed by atoms with van der Waals surface area (Å²) >= 11 is 0. The van der Waals surface area contributed by atoms with E-state index in [0.717, 1.165) is 6.07 Å². The molecule has 0 amide bonds. The lowest BCUT2D eigenvalue weighted by atomic mass is 10.1. The van der Waals surface area contributed by atoms with Crippen molar-refractivity contribution in [2.24, 2.45) is 5.92 Å². The zero-order chi connectivity index (χ0) is 13.9. The van der Waals surface area contributed by atoms with E-state index in [-0.39, 0.29) is 12.5 Å². The Morgan fingerprint density at radius 3 is 2.56 bits per heavy atom. The van der Waals surface area contributed by atoms with Crippen LogP contribution in [-0.4, -0.2) is 26.2 Å². The molecule has 0 aliphatic rings. The third-order valence-corrected chi connectivity index (χ3v) is 4.07. The van der Waals surface area contributed by atoms with E-state index in [9.17, 15) is 17.9 Å². The van der Waals surface area contributed by atoms with Crippen LogP contribution in [0, 0.1) is 18.7 Å². The maximum atomic E-state index is 13.5. The van der Waals surface area contributed by atoms with Crippen molar-refractivity contribution < 1.29 is 17.9 Å². The van der Waals surface area contributed by atoms with Gasteiger partial charge in [-0.05, 0) is 30.5 Å². The Hall–Kier alpha value is -0.980. The first kappa shape index (κ1) is 15.1. The average Bonchev–Trinajstić information content (AvgIpc) is 2.29. The van der Waals surface area contributed by atoms with Crippen LogP contribution in [0.25, 0.3) is 0 Å². The molecule has 0 aliphatic heterocycles. The quantitative estimate of drug-likeness (QED) is 0.854. The number of hydrogen-bond donors (Lipinski definition) is 2. The molecule has 0 aromatic heterocycles. The maximum absolute atomic E-state index is 13.5. The van der Waals surface area contributed by atoms with E-state index >= 15 is 0 Å². The van der Waals surface area contributed by atoms with Crippen LogP contribution in [0.15, 0.2) is 23.1 Å². The van der Waals surface area contributed by atoms with E-state index in [4.69, 9.17) is 0 Å². The normalized spacial score (nSPS) is 13.9. The lowest BCUT2D eigenvalue weighted by Gasteiger charge is -2.15. The largest absolute Gasteiger partial charge is 0.391 e. The Kier molecular flexibility index (Phi) is 4.84. The van der Waals surface area contributed by atoms with Crippen molar-refractivity contribution in [3.05, 3.63) is 29.6 Å². The Morgan fingerprint density at radius 2 is 2.00 bits per heavy atom. The minimum absolute atomic E-state index is 0.0740. The molecular weight excluding hydrogens is 257 g/mol. The van der Waals surface area contributed by atoms with Crippen LogP contribution in [0.1, 0.15) is 19.4 Å². The van der Waals surface area contributed by atoms with Crippen molar-refractivity contribution in [3.8, 4) is 0 Å². The second-order valence-corrected chi connectivity index (χ2v) is 6.33. The summed E-state index contributed by atoms with van der Waals surface area (Å²) in [5, 5.41) is 9.54. The van der Waals surface area contributed by atoms with E-state index < -0.39 is 26.8 Å². The molecule has 0 aliphatic carbocycles. The topological polar surface area (TPSA) is 66.4 Å². The van der Waals surface area contributed by atoms with Gasteiger partial charge in [0, 0.05) is 6.54 Å². The van der Waals surface area contributed by atoms with Crippen LogP contribution in [-0.2, 0) is 10.0 Å². The van der Waals surface area contributed by atoms with Gasteiger partial charge in [0.25, 0.3) is 0 Å². The van der Waals surface area contributed by atoms with Crippen molar-refractivity contribution in [1.82, 2.24) is 4.72 Å². The van der Waals surface area contributed by atoms with Gasteiger partial charge in [0.15, 0.2) is 0 Å². The van der Waals surface area contributed by atoms with Crippen LogP contribution >= 0.6 is 0 Å². The van der Waals surface area contributed by atoms with E-state index in [1.807, 2.05) is 0 Å². The number of nitrogens with one attached hydrogen (secondary N) is 1. The highest BCUT2D eigenvalue weighted by Crippen LogP contribution is 2.16. The molecular formula is C12H18FNO3S. The summed E-state index contributed by atoms with van der Waals surface area (Å²) in [6.45, 7) is 5.09. The predicted molar refractivity (Wildman–Crippen MR) is 67.2 cm³/mol. The van der Waals surface area contributed by atoms with Gasteiger partial charge in [0.1, 0.15) is 10.7 Å². The van der Waals surface area contributed by atoms with Gasteiger partial charge >= 0.3 is 0 Å². The zero-order valence-electron chi connectivity index (χ0n) is 10.6. The Morgan fingerprint density at radius 1 is 1.39 bits per heavy atom. The molecule has 0 radical (unpaired) electrons. The molecule has 2 N–H and O–H groups in total. The standard InChI is InChI=1S/C12H18FNO3S/c1-8(2)11(15)7-14-18(16,17)12-6-9(3)4-5-10(12)13/h4-6,8,11,14-15H,7H2,1-3H3. The SMILES string of the molecule is Cc1ccc(F)c(S(=O)(=O)NCC(O)C(C)C)c1. The zero-order valence-corrected chi connectivity index (χ0v) is 11.5. The van der Waals surface area contributed by atoms with Crippen molar-refractivity contribution in [1.29, 1.82) is 0 Å². The van der Waals surface area contributed by atoms with Gasteiger partial charge in [-0.2, -0.15) is 0 Å². The number of hydrogen-bond acceptors (Lipinski definition) is 3. The van der Waals surface area contributed by atoms with E-state index in [1.54, 1.807) is 20.8 Å². The summed E-state index contributed by atoms with van der Waals surface area (Å²) in [7, 11) is -3.93. The molecule has 1 aromatic carbocycles. The van der Waals surface area contributed by atoms with Gasteiger partial charge in [-0.25, -0.2) is 17.5 Å². The fraction of sp³-hybridized carbons (Fsp3) is 0.500. The van der Waals surface area contributed by atoms with E-state index in [2.05, 4.69) is 4.72 Å². The number of benzene rings is 1. The van der Waals surface area contributed by atoms with Crippen molar-refractivity contribution in [2.75, 3.05) is 6.54 Å². The Labute approximate surface area is 107 Å². The molecule has 0 spiro atoms. The minimum Gasteiger partial charge on any atom is -0.391 e. The molecule has 1 unspecified atom stereocenters. The van der Waals surface area contributed by atoms with Gasteiger partial charge in [0.05, 0.1) is 6.10 Å². The number of aliphatic hydroxyl groups excluding tert-OH is 1. The average molecular weight is 275 g/mol. The van der Waals surface area contributed by atoms with Crippen LogP contribution < -0.4 is 4.72 Å². The number of sulfonamides is 1. The molecule has 18 heavy (non-hydrogen) atoms. The van der Waals surface area contributed by atoms with Gasteiger partial charge in [-0.15, -0.1) is 0 Å². The second-order valence-electron chi connectivity index (χ2n) is 4.60. The number of aliphatic hydroxyl groups is 1. The highest BCUT2D eigenvalue weighted by atomic mass is 32.2. The first-order valence-corrected chi connectivity index (χ1v) is 7.16. The van der Waals surface area contributed by atoms with E-state index in [1.165, 1.54) is 12.1 Å². The highest BCUT2D eigenvalue weighted by molar-refractivity contribution is 7.89. The maximum Gasteiger partial charge on any atom is 0.243 e. The summed E-state index contributed by atoms with van der Waals surface area (Å²) in [4.78, 5) is -0.390. The summed E-state index contributed by atoms with van der Waals surface area (Å²) in [5.74, 6) is -0.873. The fourth-order valence-electron chi connectivity index (χ4n) is 1.33. The molecule has 102 valence electrons. The summed E-state index contributed by atoms with van der Waals surface area (Å²) in [6.07, 6.45) is -0.798. The first-order valence-electron chi connectivity index (χ1n) is 5.68. The molecule has 4 nitrogen and oxygen atoms in total. The summed E-state index contributed by atoms with van der Waals surface area (Å²) in [5.41, 5.74) is 0.654. The predicted octanol–water partition coefficient (Wildman–Crippen LogP) is 1.43. The van der Waals surface area contributed by atoms with Crippen molar-refractivity contribution >= 4 is 10.0 Å². The lowest BCUT2D eigenvalue weighted by molar-refractivity contribution is 0.129. The monoisotopic (exact) mass is 275 g/mol. The van der Waals surface area contributed by atoms with E-state index in [0.29, 0.717) is 5.56 Å². The number of aryl methyl sites for hydroxylation is 1. The van der Waals surface area contributed by atoms with Crippen LogP contribution in [0.2, 0.25) is 0 Å². The van der Waals surface area contributed by atoms with Crippen LogP contribution in [0.5, 0.6) is 0 Å². The summed E-state index contributed by atoms with van der Waals surface area (Å²) < 4.78 is 39.4. The lowest BCUT2D eigenvalue weighted by Crippen LogP contribution is -2.35. The summed E-state index contributed by atoms with van der Waals surface area (Å²) in [6, 6.07) is 3.87. The molecule has 1 rings (SSSR count). The number of rotatable bonds is 5.